The first-order chi connectivity index (χ1) is 9.60. The Bertz CT molecular complexity index is 619. The number of thiazole rings is 1. The molecule has 7 heteroatoms. The number of thioether (sulfide) groups is 1. The van der Waals surface area contributed by atoms with Crippen LogP contribution in [0, 0.1) is 0 Å². The van der Waals surface area contributed by atoms with E-state index in [1.807, 2.05) is 11.6 Å². The summed E-state index contributed by atoms with van der Waals surface area (Å²) < 4.78 is 0. The van der Waals surface area contributed by atoms with Crippen molar-refractivity contribution in [1.82, 2.24) is 10.3 Å². The molecule has 0 unspecified atom stereocenters. The maximum Gasteiger partial charge on any atom is 0.252 e. The normalized spacial score (nSPS) is 10.5. The Morgan fingerprint density at radius 2 is 2.15 bits per heavy atom. The predicted molar refractivity (Wildman–Crippen MR) is 84.8 cm³/mol. The summed E-state index contributed by atoms with van der Waals surface area (Å²) in [6.45, 7) is 1.91. The molecular formula is C13H14N2O2S3. The third kappa shape index (κ3) is 3.91. The number of nitrogens with one attached hydrogen (secondary N) is 1. The molecule has 0 aliphatic heterocycles. The third-order valence-electron chi connectivity index (χ3n) is 2.51. The number of carbonyl (C=O) groups excluding carboxylic acids is 2. The topological polar surface area (TPSA) is 59.1 Å². The monoisotopic (exact) mass is 326 g/mol. The lowest BCUT2D eigenvalue weighted by molar-refractivity contribution is 0.0951. The van der Waals surface area contributed by atoms with Gasteiger partial charge in [-0.25, -0.2) is 4.98 Å². The molecule has 4 nitrogen and oxygen atoms in total. The van der Waals surface area contributed by atoms with Gasteiger partial charge in [-0.2, -0.15) is 11.8 Å². The van der Waals surface area contributed by atoms with Crippen molar-refractivity contribution in [1.29, 1.82) is 0 Å². The maximum atomic E-state index is 11.9. The van der Waals surface area contributed by atoms with Crippen LogP contribution < -0.4 is 5.32 Å². The molecule has 0 saturated carbocycles. The fourth-order valence-corrected chi connectivity index (χ4v) is 3.84. The van der Waals surface area contributed by atoms with Crippen LogP contribution >= 0.6 is 34.4 Å². The van der Waals surface area contributed by atoms with Crippen molar-refractivity contribution in [2.75, 3.05) is 6.26 Å². The summed E-state index contributed by atoms with van der Waals surface area (Å²) in [6, 6.07) is 1.63. The Hall–Kier alpha value is -1.18. The van der Waals surface area contributed by atoms with Crippen molar-refractivity contribution in [3.63, 3.8) is 0 Å². The van der Waals surface area contributed by atoms with Crippen LogP contribution in [0.25, 0.3) is 0 Å². The van der Waals surface area contributed by atoms with E-state index in [1.165, 1.54) is 18.3 Å². The molecule has 106 valence electrons. The van der Waals surface area contributed by atoms with Crippen LogP contribution in [0.15, 0.2) is 16.8 Å². The maximum absolute atomic E-state index is 11.9. The van der Waals surface area contributed by atoms with Crippen LogP contribution in [0.1, 0.15) is 37.7 Å². The lowest BCUT2D eigenvalue weighted by Gasteiger charge is -2.00. The number of hydrogen-bond donors (Lipinski definition) is 1. The molecular weight excluding hydrogens is 312 g/mol. The standard InChI is InChI=1S/C13H14N2O2S3/c1-8(16)11-3-9(5-19-11)13(17)14-4-10-6-20-12(15-10)7-18-2/h3,5-6H,4,7H2,1-2H3,(H,14,17). The zero-order valence-electron chi connectivity index (χ0n) is 11.1. The highest BCUT2D eigenvalue weighted by atomic mass is 32.2. The summed E-state index contributed by atoms with van der Waals surface area (Å²) in [5.41, 5.74) is 1.40. The first-order valence-corrected chi connectivity index (χ1v) is 9.05. The summed E-state index contributed by atoms with van der Waals surface area (Å²) in [7, 11) is 0. The van der Waals surface area contributed by atoms with Crippen molar-refractivity contribution < 1.29 is 9.59 Å². The van der Waals surface area contributed by atoms with E-state index in [4.69, 9.17) is 0 Å². The summed E-state index contributed by atoms with van der Waals surface area (Å²) in [5, 5.41) is 7.54. The van der Waals surface area contributed by atoms with Gasteiger partial charge in [0.1, 0.15) is 5.01 Å². The van der Waals surface area contributed by atoms with E-state index in [1.54, 1.807) is 34.5 Å². The predicted octanol–water partition coefficient (Wildman–Crippen LogP) is 3.20. The van der Waals surface area contributed by atoms with Gasteiger partial charge in [-0.05, 0) is 19.2 Å². The van der Waals surface area contributed by atoms with Gasteiger partial charge in [0.05, 0.1) is 22.7 Å². The number of hydrogen-bond acceptors (Lipinski definition) is 6. The number of amides is 1. The highest BCUT2D eigenvalue weighted by molar-refractivity contribution is 7.97. The van der Waals surface area contributed by atoms with Crippen molar-refractivity contribution in [3.8, 4) is 0 Å². The molecule has 1 amide bonds. The number of Topliss-reactive ketones (excluding diaryl/α,β-unsaturated/α-hetero) is 1. The smallest absolute Gasteiger partial charge is 0.252 e. The van der Waals surface area contributed by atoms with Gasteiger partial charge in [0.15, 0.2) is 5.78 Å². The first-order valence-electron chi connectivity index (χ1n) is 5.90. The van der Waals surface area contributed by atoms with E-state index < -0.39 is 0 Å². The van der Waals surface area contributed by atoms with Crippen LogP contribution in [-0.4, -0.2) is 22.9 Å². The highest BCUT2D eigenvalue weighted by Crippen LogP contribution is 2.16. The Morgan fingerprint density at radius 1 is 1.35 bits per heavy atom. The van der Waals surface area contributed by atoms with Crippen LogP contribution in [-0.2, 0) is 12.3 Å². The molecule has 2 aromatic rings. The van der Waals surface area contributed by atoms with Gasteiger partial charge in [-0.15, -0.1) is 22.7 Å². The number of nitrogens with zero attached hydrogens (tertiary/aromatic N) is 1. The third-order valence-corrected chi connectivity index (χ3v) is 5.18. The first kappa shape index (κ1) is 15.2. The molecule has 2 rings (SSSR count). The molecule has 0 spiro atoms. The largest absolute Gasteiger partial charge is 0.346 e. The second kappa shape index (κ2) is 7.01. The fourth-order valence-electron chi connectivity index (χ4n) is 1.53. The van der Waals surface area contributed by atoms with E-state index in [-0.39, 0.29) is 11.7 Å². The molecule has 0 radical (unpaired) electrons. The quantitative estimate of drug-likeness (QED) is 0.828. The Kier molecular flexibility index (Phi) is 5.33. The van der Waals surface area contributed by atoms with Crippen molar-refractivity contribution in [3.05, 3.63) is 38.0 Å². The molecule has 1 N–H and O–H groups in total. The van der Waals surface area contributed by atoms with Gasteiger partial charge < -0.3 is 5.32 Å². The van der Waals surface area contributed by atoms with E-state index in [0.29, 0.717) is 17.0 Å². The lowest BCUT2D eigenvalue weighted by atomic mass is 10.2. The number of thiophene rings is 1. The van der Waals surface area contributed by atoms with Gasteiger partial charge in [0.2, 0.25) is 0 Å². The Labute approximate surface area is 129 Å². The van der Waals surface area contributed by atoms with Crippen molar-refractivity contribution in [2.45, 2.75) is 19.2 Å². The molecule has 20 heavy (non-hydrogen) atoms. The summed E-state index contributed by atoms with van der Waals surface area (Å²) >= 11 is 4.62. The van der Waals surface area contributed by atoms with Crippen LogP contribution in [0.4, 0.5) is 0 Å². The number of aromatic nitrogens is 1. The molecule has 0 aliphatic rings. The van der Waals surface area contributed by atoms with Crippen molar-refractivity contribution in [2.24, 2.45) is 0 Å². The molecule has 2 aromatic heterocycles. The number of carbonyl (C=O) groups is 2. The van der Waals surface area contributed by atoms with Gasteiger partial charge in [-0.1, -0.05) is 0 Å². The van der Waals surface area contributed by atoms with Gasteiger partial charge in [0, 0.05) is 16.5 Å². The molecule has 2 heterocycles. The van der Waals surface area contributed by atoms with Gasteiger partial charge in [0.25, 0.3) is 5.91 Å². The van der Waals surface area contributed by atoms with Crippen LogP contribution in [0.2, 0.25) is 0 Å². The lowest BCUT2D eigenvalue weighted by Crippen LogP contribution is -2.22. The molecule has 0 fully saturated rings. The Balaban J connectivity index is 1.92. The SMILES string of the molecule is CSCc1nc(CNC(=O)c2csc(C(C)=O)c2)cs1. The number of ketones is 1. The fraction of sp³-hybridized carbons (Fsp3) is 0.308. The molecule has 0 aliphatic carbocycles. The minimum Gasteiger partial charge on any atom is -0.346 e. The highest BCUT2D eigenvalue weighted by Gasteiger charge is 2.11. The van der Waals surface area contributed by atoms with E-state index in [9.17, 15) is 9.59 Å². The summed E-state index contributed by atoms with van der Waals surface area (Å²) in [4.78, 5) is 28.2. The molecule has 0 aromatic carbocycles. The molecule has 0 bridgehead atoms. The second-order valence-corrected chi connectivity index (χ2v) is 6.82. The summed E-state index contributed by atoms with van der Waals surface area (Å²) in [6.07, 6.45) is 2.03. The van der Waals surface area contributed by atoms with Crippen molar-refractivity contribution >= 4 is 46.1 Å². The molecule has 0 saturated heterocycles. The Morgan fingerprint density at radius 3 is 2.80 bits per heavy atom. The van der Waals surface area contributed by atoms with Crippen LogP contribution in [0.5, 0.6) is 0 Å². The van der Waals surface area contributed by atoms with E-state index in [2.05, 4.69) is 10.3 Å². The minimum atomic E-state index is -0.173. The summed E-state index contributed by atoms with van der Waals surface area (Å²) in [5.74, 6) is 0.703. The zero-order valence-corrected chi connectivity index (χ0v) is 13.6. The average Bonchev–Trinajstić information content (AvgIpc) is 3.05. The van der Waals surface area contributed by atoms with Gasteiger partial charge >= 0.3 is 0 Å². The molecule has 0 atom stereocenters. The zero-order chi connectivity index (χ0) is 14.5. The second-order valence-electron chi connectivity index (χ2n) is 4.10. The van der Waals surface area contributed by atoms with Crippen LogP contribution in [0.3, 0.4) is 0 Å². The number of rotatable bonds is 6. The van der Waals surface area contributed by atoms with Gasteiger partial charge in [-0.3, -0.25) is 9.59 Å². The van der Waals surface area contributed by atoms with E-state index >= 15 is 0 Å². The van der Waals surface area contributed by atoms with E-state index in [0.717, 1.165) is 16.5 Å². The minimum absolute atomic E-state index is 0.0183. The average molecular weight is 326 g/mol.